The van der Waals surface area contributed by atoms with E-state index in [1.165, 1.54) is 12.1 Å². The Labute approximate surface area is 256 Å². The van der Waals surface area contributed by atoms with Crippen LogP contribution in [-0.4, -0.2) is 46.4 Å². The number of hydrogen-bond donors (Lipinski definition) is 3. The number of aromatic amines is 1. The molecule has 5 aromatic rings. The highest BCUT2D eigenvalue weighted by Gasteiger charge is 2.29. The van der Waals surface area contributed by atoms with Crippen molar-refractivity contribution in [3.8, 4) is 34.0 Å². The molecule has 7 nitrogen and oxygen atoms in total. The number of hydrogen-bond acceptors (Lipinski definition) is 4. The number of aliphatic hydroxyl groups is 1. The topological polar surface area (TPSA) is 88.5 Å². The zero-order valence-corrected chi connectivity index (χ0v) is 25.3. The number of carbonyl (C=O) groups is 1. The van der Waals surface area contributed by atoms with Crippen LogP contribution in [0.4, 0.5) is 4.39 Å². The monoisotopic (exact) mass is 595 g/mol. The van der Waals surface area contributed by atoms with E-state index in [0.717, 1.165) is 46.1 Å². The van der Waals surface area contributed by atoms with Gasteiger partial charge in [0.25, 0.3) is 5.91 Å². The number of nitrogens with zero attached hydrogens (tertiary/aromatic N) is 1. The maximum atomic E-state index is 14.5. The number of halogens is 1. The zero-order chi connectivity index (χ0) is 30.8. The van der Waals surface area contributed by atoms with Gasteiger partial charge in [-0.15, -0.1) is 0 Å². The summed E-state index contributed by atoms with van der Waals surface area (Å²) >= 11 is 0. The largest absolute Gasteiger partial charge is 0.493 e. The molecule has 1 aliphatic rings. The van der Waals surface area contributed by atoms with Crippen molar-refractivity contribution < 1.29 is 23.8 Å². The molecule has 1 aliphatic heterocycles. The molecule has 0 aliphatic carbocycles. The first-order valence-corrected chi connectivity index (χ1v) is 15.2. The van der Waals surface area contributed by atoms with Crippen molar-refractivity contribution in [3.63, 3.8) is 0 Å². The van der Waals surface area contributed by atoms with Gasteiger partial charge in [0.05, 0.1) is 37.1 Å². The Morgan fingerprint density at radius 1 is 1.11 bits per heavy atom. The second-order valence-electron chi connectivity index (χ2n) is 11.5. The molecule has 6 rings (SSSR count). The second kappa shape index (κ2) is 12.6. The molecule has 1 unspecified atom stereocenters. The Hall–Kier alpha value is -4.56. The van der Waals surface area contributed by atoms with Gasteiger partial charge in [-0.3, -0.25) is 4.79 Å². The van der Waals surface area contributed by atoms with Crippen molar-refractivity contribution >= 4 is 16.8 Å². The summed E-state index contributed by atoms with van der Waals surface area (Å²) in [6.07, 6.45) is 5.01. The summed E-state index contributed by atoms with van der Waals surface area (Å²) in [5.41, 5.74) is 6.58. The number of ether oxygens (including phenoxy) is 2. The number of amides is 1. The molecule has 228 valence electrons. The number of para-hydroxylation sites is 1. The highest BCUT2D eigenvalue weighted by Crippen LogP contribution is 2.43. The van der Waals surface area contributed by atoms with Gasteiger partial charge in [0.2, 0.25) is 0 Å². The second-order valence-corrected chi connectivity index (χ2v) is 11.5. The molecule has 44 heavy (non-hydrogen) atoms. The quantitative estimate of drug-likeness (QED) is 0.155. The van der Waals surface area contributed by atoms with Crippen LogP contribution < -0.4 is 14.8 Å². The van der Waals surface area contributed by atoms with E-state index in [0.29, 0.717) is 47.7 Å². The van der Waals surface area contributed by atoms with Gasteiger partial charge in [-0.2, -0.15) is 0 Å². The number of benzene rings is 3. The lowest BCUT2D eigenvalue weighted by atomic mass is 9.97. The number of nitrogens with one attached hydrogen (secondary N) is 2. The lowest BCUT2D eigenvalue weighted by Gasteiger charge is -2.24. The molecule has 2 atom stereocenters. The summed E-state index contributed by atoms with van der Waals surface area (Å²) in [6, 6.07) is 19.7. The van der Waals surface area contributed by atoms with Crippen LogP contribution in [0.5, 0.6) is 11.5 Å². The molecule has 3 heterocycles. The van der Waals surface area contributed by atoms with Crippen molar-refractivity contribution in [1.82, 2.24) is 14.9 Å². The third-order valence-corrected chi connectivity index (χ3v) is 8.43. The molecule has 2 aromatic heterocycles. The van der Waals surface area contributed by atoms with Crippen LogP contribution in [0.3, 0.4) is 0 Å². The molecular formula is C36H38FN3O4. The Bertz CT molecular complexity index is 1810. The molecule has 8 heteroatoms. The molecule has 3 aromatic carbocycles. The Balaban J connectivity index is 1.40. The van der Waals surface area contributed by atoms with E-state index in [4.69, 9.17) is 9.47 Å². The lowest BCUT2D eigenvalue weighted by molar-refractivity contribution is 0.0917. The number of H-pyrrole nitrogens is 1. The Morgan fingerprint density at radius 3 is 2.73 bits per heavy atom. The first-order chi connectivity index (χ1) is 21.4. The smallest absolute Gasteiger partial charge is 0.253 e. The molecular weight excluding hydrogens is 557 g/mol. The van der Waals surface area contributed by atoms with E-state index in [-0.39, 0.29) is 24.4 Å². The number of rotatable bonds is 11. The molecule has 3 N–H and O–H groups in total. The highest BCUT2D eigenvalue weighted by molar-refractivity contribution is 6.02. The fourth-order valence-electron chi connectivity index (χ4n) is 6.33. The molecule has 0 spiro atoms. The van der Waals surface area contributed by atoms with Crippen molar-refractivity contribution in [2.24, 2.45) is 0 Å². The highest BCUT2D eigenvalue weighted by atomic mass is 19.1. The van der Waals surface area contributed by atoms with Gasteiger partial charge in [-0.1, -0.05) is 43.7 Å². The Morgan fingerprint density at radius 2 is 1.95 bits per heavy atom. The van der Waals surface area contributed by atoms with E-state index >= 15 is 0 Å². The average Bonchev–Trinajstić information content (AvgIpc) is 3.62. The minimum atomic E-state index is -0.518. The van der Waals surface area contributed by atoms with E-state index in [1.807, 2.05) is 61.7 Å². The van der Waals surface area contributed by atoms with Gasteiger partial charge < -0.3 is 29.4 Å². The third kappa shape index (κ3) is 5.69. The van der Waals surface area contributed by atoms with Crippen LogP contribution >= 0.6 is 0 Å². The van der Waals surface area contributed by atoms with Crippen LogP contribution in [0.1, 0.15) is 48.2 Å². The predicted octanol–water partition coefficient (Wildman–Crippen LogP) is 6.91. The van der Waals surface area contributed by atoms with Gasteiger partial charge >= 0.3 is 0 Å². The summed E-state index contributed by atoms with van der Waals surface area (Å²) in [6.45, 7) is 4.55. The minimum absolute atomic E-state index is 0.0130. The van der Waals surface area contributed by atoms with Crippen LogP contribution in [-0.2, 0) is 19.4 Å². The standard InChI is InChI=1S/C36H38FN3O4/c1-4-8-22(2)44-34-19-29-23(17-33(34)43-3)13-14-40-32(29)18-30(35(40)24-9-7-10-26(37)15-24)36(42)39-27(21-41)16-25-20-38-31-12-6-5-11-28(25)31/h5-7,9-12,15,17-20,22,27,38,41H,4,8,13-14,16,21H2,1-3H3,(H,39,42)/t22-,27?/m1/s1. The van der Waals surface area contributed by atoms with Gasteiger partial charge in [0, 0.05) is 40.5 Å². The molecule has 0 saturated heterocycles. The van der Waals surface area contributed by atoms with Crippen LogP contribution in [0.2, 0.25) is 0 Å². The minimum Gasteiger partial charge on any atom is -0.493 e. The molecule has 0 radical (unpaired) electrons. The fraction of sp³-hybridized carbons (Fsp3) is 0.306. The predicted molar refractivity (Wildman–Crippen MR) is 171 cm³/mol. The number of methoxy groups -OCH3 is 1. The fourth-order valence-corrected chi connectivity index (χ4v) is 6.33. The number of carbonyl (C=O) groups excluding carboxylic acids is 1. The molecule has 0 bridgehead atoms. The number of aryl methyl sites for hydroxylation is 1. The summed E-state index contributed by atoms with van der Waals surface area (Å²) < 4.78 is 28.6. The summed E-state index contributed by atoms with van der Waals surface area (Å²) in [5.74, 6) is 0.629. The summed E-state index contributed by atoms with van der Waals surface area (Å²) in [4.78, 5) is 17.3. The number of aliphatic hydroxyl groups excluding tert-OH is 1. The van der Waals surface area contributed by atoms with Crippen molar-refractivity contribution in [3.05, 3.63) is 95.4 Å². The molecule has 0 saturated carbocycles. The van der Waals surface area contributed by atoms with E-state index in [1.54, 1.807) is 13.2 Å². The third-order valence-electron chi connectivity index (χ3n) is 8.43. The van der Waals surface area contributed by atoms with Crippen molar-refractivity contribution in [2.75, 3.05) is 13.7 Å². The van der Waals surface area contributed by atoms with Gasteiger partial charge in [-0.05, 0) is 73.7 Å². The first kappa shape index (κ1) is 29.5. The molecule has 0 fully saturated rings. The lowest BCUT2D eigenvalue weighted by Crippen LogP contribution is -2.39. The molecule has 1 amide bonds. The van der Waals surface area contributed by atoms with E-state index in [2.05, 4.69) is 21.8 Å². The van der Waals surface area contributed by atoms with Gasteiger partial charge in [-0.25, -0.2) is 4.39 Å². The van der Waals surface area contributed by atoms with Crippen molar-refractivity contribution in [1.29, 1.82) is 0 Å². The number of fused-ring (bicyclic) bond motifs is 4. The van der Waals surface area contributed by atoms with Gasteiger partial charge in [0.1, 0.15) is 5.82 Å². The maximum Gasteiger partial charge on any atom is 0.253 e. The van der Waals surface area contributed by atoms with Crippen LogP contribution in [0.25, 0.3) is 33.4 Å². The summed E-state index contributed by atoms with van der Waals surface area (Å²) in [5, 5.41) is 14.4. The van der Waals surface area contributed by atoms with Crippen LogP contribution in [0, 0.1) is 5.82 Å². The van der Waals surface area contributed by atoms with E-state index < -0.39 is 6.04 Å². The zero-order valence-electron chi connectivity index (χ0n) is 25.3. The SMILES string of the molecule is CCC[C@@H](C)Oc1cc2c(cc1OC)CCn1c-2cc(C(=O)NC(CO)Cc2c[nH]c3ccccc23)c1-c1cccc(F)c1. The normalized spacial score (nSPS) is 13.7. The Kier molecular flexibility index (Phi) is 8.44. The number of aromatic nitrogens is 2. The van der Waals surface area contributed by atoms with Gasteiger partial charge in [0.15, 0.2) is 11.5 Å². The van der Waals surface area contributed by atoms with E-state index in [9.17, 15) is 14.3 Å². The average molecular weight is 596 g/mol. The van der Waals surface area contributed by atoms with Crippen LogP contribution in [0.15, 0.2) is 72.9 Å². The summed E-state index contributed by atoms with van der Waals surface area (Å²) in [7, 11) is 1.64. The maximum absolute atomic E-state index is 14.5. The van der Waals surface area contributed by atoms with Crippen molar-refractivity contribution in [2.45, 2.75) is 58.2 Å². The first-order valence-electron chi connectivity index (χ1n) is 15.2.